The first-order valence-electron chi connectivity index (χ1n) is 8.75. The Labute approximate surface area is 149 Å². The topological polar surface area (TPSA) is 105 Å². The average Bonchev–Trinajstić information content (AvgIpc) is 3.30. The summed E-state index contributed by atoms with van der Waals surface area (Å²) in [5.74, 6) is 0.669. The van der Waals surface area contributed by atoms with E-state index in [-0.39, 0.29) is 11.5 Å². The van der Waals surface area contributed by atoms with Crippen molar-refractivity contribution in [2.24, 2.45) is 0 Å². The molecule has 0 radical (unpaired) electrons. The molecular weight excluding hydrogens is 340 g/mol. The third kappa shape index (κ3) is 3.44. The van der Waals surface area contributed by atoms with Crippen molar-refractivity contribution in [3.8, 4) is 0 Å². The molecule has 25 heavy (non-hydrogen) atoms. The molecule has 0 unspecified atom stereocenters. The maximum atomic E-state index is 12.5. The minimum Gasteiger partial charge on any atom is -0.369 e. The number of piperidine rings is 1. The van der Waals surface area contributed by atoms with Crippen molar-refractivity contribution in [2.45, 2.75) is 37.7 Å². The van der Waals surface area contributed by atoms with Crippen LogP contribution in [0, 0.1) is 0 Å². The number of fused-ring (bicyclic) bond motifs is 2. The summed E-state index contributed by atoms with van der Waals surface area (Å²) in [5.41, 5.74) is 1.11. The Hall–Kier alpha value is -1.84. The van der Waals surface area contributed by atoms with Gasteiger partial charge in [-0.1, -0.05) is 5.21 Å². The predicted octanol–water partition coefficient (Wildman–Crippen LogP) is 0.775. The van der Waals surface area contributed by atoms with Crippen LogP contribution < -0.4 is 10.6 Å². The van der Waals surface area contributed by atoms with Crippen LogP contribution in [0.2, 0.25) is 0 Å². The van der Waals surface area contributed by atoms with Gasteiger partial charge in [0.15, 0.2) is 5.82 Å². The number of nitrogens with one attached hydrogen (secondary N) is 3. The lowest BCUT2D eigenvalue weighted by Gasteiger charge is -2.40. The van der Waals surface area contributed by atoms with Crippen LogP contribution in [0.1, 0.15) is 45.2 Å². The monoisotopic (exact) mass is 362 g/mol. The zero-order valence-corrected chi connectivity index (χ0v) is 14.8. The number of hydrogen-bond acceptors (Lipinski definition) is 7. The molecule has 0 atom stereocenters. The Morgan fingerprint density at radius 2 is 2.28 bits per heavy atom. The van der Waals surface area contributed by atoms with Gasteiger partial charge < -0.3 is 15.4 Å². The minimum atomic E-state index is -0.180. The van der Waals surface area contributed by atoms with E-state index < -0.39 is 0 Å². The van der Waals surface area contributed by atoms with Gasteiger partial charge in [0.05, 0.1) is 11.5 Å². The molecule has 134 valence electrons. The molecule has 1 spiro atoms. The molecule has 4 heterocycles. The van der Waals surface area contributed by atoms with Crippen molar-refractivity contribution >= 4 is 17.2 Å². The highest BCUT2D eigenvalue weighted by molar-refractivity contribution is 7.14. The van der Waals surface area contributed by atoms with E-state index >= 15 is 0 Å². The van der Waals surface area contributed by atoms with Crippen LogP contribution in [-0.4, -0.2) is 52.8 Å². The second kappa shape index (κ2) is 7.19. The third-order valence-electron chi connectivity index (χ3n) is 4.86. The lowest BCUT2D eigenvalue weighted by Crippen LogP contribution is -2.43. The molecule has 3 N–H and O–H groups in total. The van der Waals surface area contributed by atoms with Gasteiger partial charge >= 0.3 is 0 Å². The smallest absolute Gasteiger partial charge is 0.261 e. The fourth-order valence-electron chi connectivity index (χ4n) is 3.56. The van der Waals surface area contributed by atoms with Crippen molar-refractivity contribution in [3.05, 3.63) is 27.2 Å². The summed E-state index contributed by atoms with van der Waals surface area (Å²) in [7, 11) is 0. The summed E-state index contributed by atoms with van der Waals surface area (Å²) in [6.45, 7) is 3.28. The highest BCUT2D eigenvalue weighted by Gasteiger charge is 2.41. The van der Waals surface area contributed by atoms with Crippen LogP contribution in [0.4, 0.5) is 0 Å². The van der Waals surface area contributed by atoms with E-state index in [9.17, 15) is 4.79 Å². The Morgan fingerprint density at radius 1 is 1.40 bits per heavy atom. The number of rotatable bonds is 5. The third-order valence-corrected chi connectivity index (χ3v) is 6.22. The molecule has 8 nitrogen and oxygen atoms in total. The zero-order chi connectivity index (χ0) is 17.1. The number of ether oxygens (including phenoxy) is 1. The van der Waals surface area contributed by atoms with Crippen molar-refractivity contribution < 1.29 is 9.53 Å². The number of aromatic nitrogens is 4. The highest BCUT2D eigenvalue weighted by atomic mass is 32.1. The van der Waals surface area contributed by atoms with Gasteiger partial charge in [-0.05, 0) is 50.4 Å². The number of carbonyl (C=O) groups excluding carboxylic acids is 1. The number of H-pyrrole nitrogens is 1. The number of aromatic amines is 1. The van der Waals surface area contributed by atoms with Gasteiger partial charge in [-0.2, -0.15) is 5.21 Å². The maximum absolute atomic E-state index is 12.5. The number of nitrogens with zero attached hydrogens (tertiary/aromatic N) is 3. The maximum Gasteiger partial charge on any atom is 0.261 e. The summed E-state index contributed by atoms with van der Waals surface area (Å²) in [6, 6.07) is 2.06. The van der Waals surface area contributed by atoms with Crippen molar-refractivity contribution in [1.29, 1.82) is 0 Å². The molecule has 1 saturated heterocycles. The van der Waals surface area contributed by atoms with Crippen molar-refractivity contribution in [2.75, 3.05) is 26.2 Å². The number of tetrazole rings is 1. The quantitative estimate of drug-likeness (QED) is 0.679. The lowest BCUT2D eigenvalue weighted by molar-refractivity contribution is -0.0771. The second-order valence-electron chi connectivity index (χ2n) is 6.50. The van der Waals surface area contributed by atoms with E-state index in [0.29, 0.717) is 18.8 Å². The zero-order valence-electron chi connectivity index (χ0n) is 14.0. The first kappa shape index (κ1) is 16.6. The van der Waals surface area contributed by atoms with Gasteiger partial charge in [-0.25, -0.2) is 0 Å². The van der Waals surface area contributed by atoms with Gasteiger partial charge in [-0.3, -0.25) is 4.79 Å². The second-order valence-corrected chi connectivity index (χ2v) is 7.55. The number of hydrogen-bond donors (Lipinski definition) is 3. The van der Waals surface area contributed by atoms with Gasteiger partial charge in [0.25, 0.3) is 5.91 Å². The molecule has 9 heteroatoms. The number of thiophene rings is 1. The van der Waals surface area contributed by atoms with E-state index in [4.69, 9.17) is 4.74 Å². The molecule has 2 aliphatic heterocycles. The Balaban J connectivity index is 1.38. The Kier molecular flexibility index (Phi) is 4.78. The molecule has 2 aromatic rings. The van der Waals surface area contributed by atoms with E-state index in [1.165, 1.54) is 10.4 Å². The molecule has 0 saturated carbocycles. The van der Waals surface area contributed by atoms with Crippen LogP contribution in [0.25, 0.3) is 0 Å². The Morgan fingerprint density at radius 3 is 3.08 bits per heavy atom. The van der Waals surface area contributed by atoms with Crippen LogP contribution in [0.3, 0.4) is 0 Å². The summed E-state index contributed by atoms with van der Waals surface area (Å²) in [6.07, 6.45) is 4.33. The van der Waals surface area contributed by atoms with Gasteiger partial charge in [0.1, 0.15) is 5.60 Å². The molecule has 2 aliphatic rings. The van der Waals surface area contributed by atoms with Gasteiger partial charge in [0.2, 0.25) is 0 Å². The van der Waals surface area contributed by atoms with Crippen LogP contribution in [0.15, 0.2) is 6.07 Å². The Bertz CT molecular complexity index is 723. The van der Waals surface area contributed by atoms with Gasteiger partial charge in [0, 0.05) is 17.8 Å². The van der Waals surface area contributed by atoms with Crippen molar-refractivity contribution in [3.63, 3.8) is 0 Å². The lowest BCUT2D eigenvalue weighted by atomic mass is 9.86. The highest BCUT2D eigenvalue weighted by Crippen LogP contribution is 2.44. The van der Waals surface area contributed by atoms with Crippen LogP contribution in [0.5, 0.6) is 0 Å². The minimum absolute atomic E-state index is 0.00315. The summed E-state index contributed by atoms with van der Waals surface area (Å²) >= 11 is 1.60. The molecule has 1 fully saturated rings. The number of carbonyl (C=O) groups is 1. The van der Waals surface area contributed by atoms with E-state index in [1.807, 2.05) is 0 Å². The van der Waals surface area contributed by atoms with E-state index in [0.717, 1.165) is 50.3 Å². The predicted molar refractivity (Wildman–Crippen MR) is 92.6 cm³/mol. The number of aryl methyl sites for hydroxylation is 1. The standard InChI is InChI=1S/C16H22N6O2S/c23-15(18-6-1-2-13-19-21-22-20-13)12-10-11-3-9-24-16(14(11)25-12)4-7-17-8-5-16/h10,17H,1-9H2,(H,18,23)(H,19,20,21,22). The first-order chi connectivity index (χ1) is 12.3. The summed E-state index contributed by atoms with van der Waals surface area (Å²) in [4.78, 5) is 14.5. The normalized spacial score (nSPS) is 18.9. The van der Waals surface area contributed by atoms with E-state index in [2.05, 4.69) is 37.3 Å². The average molecular weight is 362 g/mol. The van der Waals surface area contributed by atoms with Crippen molar-refractivity contribution in [1.82, 2.24) is 31.3 Å². The summed E-state index contributed by atoms with van der Waals surface area (Å²) in [5, 5.41) is 20.2. The fraction of sp³-hybridized carbons (Fsp3) is 0.625. The molecule has 2 aromatic heterocycles. The molecule has 4 rings (SSSR count). The van der Waals surface area contributed by atoms with Crippen LogP contribution in [-0.2, 0) is 23.2 Å². The summed E-state index contributed by atoms with van der Waals surface area (Å²) < 4.78 is 6.18. The molecule has 0 aromatic carbocycles. The fourth-order valence-corrected chi connectivity index (χ4v) is 4.89. The molecule has 0 aliphatic carbocycles. The number of amides is 1. The molecule has 1 amide bonds. The van der Waals surface area contributed by atoms with Crippen LogP contribution >= 0.6 is 11.3 Å². The van der Waals surface area contributed by atoms with E-state index in [1.54, 1.807) is 11.3 Å². The molecular formula is C16H22N6O2S. The first-order valence-corrected chi connectivity index (χ1v) is 9.57. The largest absolute Gasteiger partial charge is 0.369 e. The van der Waals surface area contributed by atoms with Gasteiger partial charge in [-0.15, -0.1) is 21.5 Å². The SMILES string of the molecule is O=C(NCCCc1nn[nH]n1)c1cc2c(s1)C1(CCNCC1)OCC2. The molecule has 0 bridgehead atoms.